The quantitative estimate of drug-likeness (QED) is 0.838. The minimum absolute atomic E-state index is 0.147. The molecule has 0 atom stereocenters. The van der Waals surface area contributed by atoms with Gasteiger partial charge in [0.1, 0.15) is 5.82 Å². The Morgan fingerprint density at radius 3 is 2.76 bits per heavy atom. The highest BCUT2D eigenvalue weighted by Gasteiger charge is 2.10. The molecule has 0 aliphatic heterocycles. The van der Waals surface area contributed by atoms with E-state index < -0.39 is 5.82 Å². The van der Waals surface area contributed by atoms with Gasteiger partial charge in [-0.15, -0.1) is 0 Å². The first-order valence-corrected chi connectivity index (χ1v) is 6.36. The molecule has 0 aliphatic rings. The fraction of sp³-hybridized carbons (Fsp3) is 0.125. The van der Waals surface area contributed by atoms with Gasteiger partial charge >= 0.3 is 0 Å². The van der Waals surface area contributed by atoms with Gasteiger partial charge in [-0.3, -0.25) is 9.78 Å². The molecule has 1 aromatic heterocycles. The molecule has 3 N–H and O–H groups in total. The highest BCUT2D eigenvalue weighted by molar-refractivity contribution is 5.96. The van der Waals surface area contributed by atoms with Crippen molar-refractivity contribution < 1.29 is 9.18 Å². The number of aromatic nitrogens is 1. The van der Waals surface area contributed by atoms with E-state index in [0.29, 0.717) is 17.7 Å². The van der Waals surface area contributed by atoms with E-state index >= 15 is 0 Å². The second-order valence-corrected chi connectivity index (χ2v) is 4.23. The Bertz CT molecular complexity index is 690. The molecule has 2 aromatic rings. The van der Waals surface area contributed by atoms with Crippen molar-refractivity contribution in [2.75, 3.05) is 6.54 Å². The minimum atomic E-state index is -0.443. The summed E-state index contributed by atoms with van der Waals surface area (Å²) in [6, 6.07) is 7.48. The number of hydrogen-bond acceptors (Lipinski definition) is 3. The highest BCUT2D eigenvalue weighted by Crippen LogP contribution is 2.10. The maximum atomic E-state index is 13.3. The van der Waals surface area contributed by atoms with Crippen LogP contribution >= 0.6 is 0 Å². The van der Waals surface area contributed by atoms with E-state index in [2.05, 4.69) is 22.1 Å². The highest BCUT2D eigenvalue weighted by atomic mass is 19.1. The first-order valence-electron chi connectivity index (χ1n) is 6.36. The van der Waals surface area contributed by atoms with Gasteiger partial charge in [-0.05, 0) is 35.9 Å². The molecule has 0 saturated carbocycles. The number of rotatable bonds is 3. The molecule has 1 heterocycles. The summed E-state index contributed by atoms with van der Waals surface area (Å²) in [5.74, 6) is 4.58. The van der Waals surface area contributed by atoms with E-state index in [1.807, 2.05) is 0 Å². The van der Waals surface area contributed by atoms with E-state index in [-0.39, 0.29) is 12.5 Å². The molecule has 0 unspecified atom stereocenters. The normalized spacial score (nSPS) is 9.62. The fourth-order valence-corrected chi connectivity index (χ4v) is 1.74. The van der Waals surface area contributed by atoms with Crippen molar-refractivity contribution in [2.45, 2.75) is 6.54 Å². The maximum absolute atomic E-state index is 13.3. The Morgan fingerprint density at radius 2 is 2.05 bits per heavy atom. The molecule has 5 heteroatoms. The molecule has 1 amide bonds. The lowest BCUT2D eigenvalue weighted by atomic mass is 10.1. The van der Waals surface area contributed by atoms with Gasteiger partial charge in [0, 0.05) is 24.5 Å². The van der Waals surface area contributed by atoms with Crippen LogP contribution in [0.25, 0.3) is 0 Å². The second-order valence-electron chi connectivity index (χ2n) is 4.23. The molecule has 0 aliphatic carbocycles. The molecule has 2 rings (SSSR count). The number of amides is 1. The zero-order chi connectivity index (χ0) is 15.1. The Morgan fingerprint density at radius 1 is 1.29 bits per heavy atom. The van der Waals surface area contributed by atoms with Crippen molar-refractivity contribution in [3.8, 4) is 11.8 Å². The van der Waals surface area contributed by atoms with Gasteiger partial charge in [0.15, 0.2) is 0 Å². The SMILES string of the molecule is NCC#Cc1cc(F)ccc1C(=O)NCc1ccncc1. The summed E-state index contributed by atoms with van der Waals surface area (Å²) in [5.41, 5.74) is 6.88. The van der Waals surface area contributed by atoms with E-state index in [0.717, 1.165) is 5.56 Å². The third-order valence-corrected chi connectivity index (χ3v) is 2.75. The number of carbonyl (C=O) groups is 1. The van der Waals surface area contributed by atoms with E-state index in [1.54, 1.807) is 24.5 Å². The smallest absolute Gasteiger partial charge is 0.252 e. The molecule has 21 heavy (non-hydrogen) atoms. The molecule has 0 bridgehead atoms. The topological polar surface area (TPSA) is 68.0 Å². The summed E-state index contributed by atoms with van der Waals surface area (Å²) in [6.07, 6.45) is 3.30. The molecule has 0 spiro atoms. The second kappa shape index (κ2) is 7.17. The number of nitrogens with two attached hydrogens (primary N) is 1. The van der Waals surface area contributed by atoms with E-state index in [9.17, 15) is 9.18 Å². The van der Waals surface area contributed by atoms with Crippen molar-refractivity contribution in [3.63, 3.8) is 0 Å². The van der Waals surface area contributed by atoms with Crippen LogP contribution in [0.1, 0.15) is 21.5 Å². The Balaban J connectivity index is 2.15. The summed E-state index contributed by atoms with van der Waals surface area (Å²) in [6.45, 7) is 0.511. The van der Waals surface area contributed by atoms with Crippen LogP contribution in [-0.4, -0.2) is 17.4 Å². The lowest BCUT2D eigenvalue weighted by Crippen LogP contribution is -2.23. The van der Waals surface area contributed by atoms with Crippen LogP contribution < -0.4 is 11.1 Å². The first-order chi connectivity index (χ1) is 10.2. The van der Waals surface area contributed by atoms with Gasteiger partial charge in [-0.1, -0.05) is 11.8 Å². The van der Waals surface area contributed by atoms with Gasteiger partial charge in [0.05, 0.1) is 12.1 Å². The Labute approximate surface area is 122 Å². The van der Waals surface area contributed by atoms with Crippen molar-refractivity contribution in [1.29, 1.82) is 0 Å². The van der Waals surface area contributed by atoms with Crippen LogP contribution in [0.5, 0.6) is 0 Å². The summed E-state index contributed by atoms with van der Waals surface area (Å²) in [7, 11) is 0. The van der Waals surface area contributed by atoms with Crippen LogP contribution in [0.15, 0.2) is 42.7 Å². The molecule has 1 aromatic carbocycles. The van der Waals surface area contributed by atoms with Gasteiger partial charge in [-0.2, -0.15) is 0 Å². The summed E-state index contributed by atoms with van der Waals surface area (Å²) < 4.78 is 13.3. The summed E-state index contributed by atoms with van der Waals surface area (Å²) in [4.78, 5) is 16.1. The van der Waals surface area contributed by atoms with Crippen molar-refractivity contribution >= 4 is 5.91 Å². The van der Waals surface area contributed by atoms with Crippen LogP contribution in [0.4, 0.5) is 4.39 Å². The average molecular weight is 283 g/mol. The lowest BCUT2D eigenvalue weighted by Gasteiger charge is -2.07. The van der Waals surface area contributed by atoms with Gasteiger partial charge in [-0.25, -0.2) is 4.39 Å². The third-order valence-electron chi connectivity index (χ3n) is 2.75. The average Bonchev–Trinajstić information content (AvgIpc) is 2.51. The predicted molar refractivity (Wildman–Crippen MR) is 77.7 cm³/mol. The zero-order valence-electron chi connectivity index (χ0n) is 11.3. The van der Waals surface area contributed by atoms with E-state index in [4.69, 9.17) is 5.73 Å². The molecule has 0 saturated heterocycles. The van der Waals surface area contributed by atoms with E-state index in [1.165, 1.54) is 18.2 Å². The molecular formula is C16H14FN3O. The van der Waals surface area contributed by atoms with Gasteiger partial charge < -0.3 is 11.1 Å². The first kappa shape index (κ1) is 14.7. The summed E-state index contributed by atoms with van der Waals surface area (Å²) >= 11 is 0. The van der Waals surface area contributed by atoms with Gasteiger partial charge in [0.2, 0.25) is 0 Å². The number of halogens is 1. The van der Waals surface area contributed by atoms with Crippen LogP contribution in [0.3, 0.4) is 0 Å². The Kier molecular flexibility index (Phi) is 5.02. The molecule has 4 nitrogen and oxygen atoms in total. The lowest BCUT2D eigenvalue weighted by molar-refractivity contribution is 0.0950. The zero-order valence-corrected chi connectivity index (χ0v) is 11.3. The monoisotopic (exact) mass is 283 g/mol. The largest absolute Gasteiger partial charge is 0.348 e. The van der Waals surface area contributed by atoms with Crippen LogP contribution in [0, 0.1) is 17.7 Å². The van der Waals surface area contributed by atoms with Crippen LogP contribution in [0.2, 0.25) is 0 Å². The number of pyridine rings is 1. The van der Waals surface area contributed by atoms with Crippen molar-refractivity contribution in [3.05, 3.63) is 65.2 Å². The minimum Gasteiger partial charge on any atom is -0.348 e. The Hall–Kier alpha value is -2.71. The maximum Gasteiger partial charge on any atom is 0.252 e. The number of hydrogen-bond donors (Lipinski definition) is 2. The number of carbonyl (C=O) groups excluding carboxylic acids is 1. The predicted octanol–water partition coefficient (Wildman–Crippen LogP) is 1.46. The number of nitrogens with zero attached hydrogens (tertiary/aromatic N) is 1. The fourth-order valence-electron chi connectivity index (χ4n) is 1.74. The van der Waals surface area contributed by atoms with Crippen molar-refractivity contribution in [1.82, 2.24) is 10.3 Å². The summed E-state index contributed by atoms with van der Waals surface area (Å²) in [5, 5.41) is 2.76. The molecular weight excluding hydrogens is 269 g/mol. The standard InChI is InChI=1S/C16H14FN3O/c17-14-3-4-15(13(10-14)2-1-7-18)16(21)20-11-12-5-8-19-9-6-12/h3-6,8-10H,7,11,18H2,(H,20,21). The third kappa shape index (κ3) is 4.13. The number of nitrogens with one attached hydrogen (secondary N) is 1. The van der Waals surface area contributed by atoms with Crippen LogP contribution in [-0.2, 0) is 6.54 Å². The van der Waals surface area contributed by atoms with Gasteiger partial charge in [0.25, 0.3) is 5.91 Å². The number of benzene rings is 1. The molecule has 106 valence electrons. The van der Waals surface area contributed by atoms with Crippen molar-refractivity contribution in [2.24, 2.45) is 5.73 Å². The molecule has 0 fully saturated rings. The molecule has 0 radical (unpaired) electrons.